The van der Waals surface area contributed by atoms with E-state index in [1.54, 1.807) is 12.5 Å². The van der Waals surface area contributed by atoms with Crippen LogP contribution in [0.3, 0.4) is 0 Å². The van der Waals surface area contributed by atoms with E-state index in [0.29, 0.717) is 23.1 Å². The number of nitrogens with zero attached hydrogens (tertiary/aromatic N) is 4. The van der Waals surface area contributed by atoms with Crippen LogP contribution in [0.25, 0.3) is 0 Å². The molecule has 5 nitrogen and oxygen atoms in total. The number of aromatic nitrogens is 2. The third-order valence-electron chi connectivity index (χ3n) is 3.28. The van der Waals surface area contributed by atoms with Crippen molar-refractivity contribution < 1.29 is 0 Å². The summed E-state index contributed by atoms with van der Waals surface area (Å²) in [5.74, 6) is 0.860. The van der Waals surface area contributed by atoms with E-state index in [0.717, 1.165) is 24.6 Å². The van der Waals surface area contributed by atoms with Crippen LogP contribution in [0.15, 0.2) is 41.9 Å². The van der Waals surface area contributed by atoms with Gasteiger partial charge < -0.3 is 14.8 Å². The molecular formula is C16H21Cl2N5. The number of aliphatic imine (C=N–C) groups is 1. The molecule has 0 radical (unpaired) electrons. The van der Waals surface area contributed by atoms with Gasteiger partial charge in [0.05, 0.1) is 22.9 Å². The molecule has 0 saturated heterocycles. The Morgan fingerprint density at radius 3 is 2.83 bits per heavy atom. The standard InChI is InChI=1S/C16H21Cl2N5/c1-3-20-16(21-7-9-23-8-6-19-12-23)22(2)11-13-4-5-14(17)15(18)10-13/h4-6,8,10,12H,3,7,9,11H2,1-2H3,(H,20,21). The molecule has 0 amide bonds. The molecular weight excluding hydrogens is 333 g/mol. The Morgan fingerprint density at radius 1 is 1.35 bits per heavy atom. The van der Waals surface area contributed by atoms with Crippen molar-refractivity contribution in [1.29, 1.82) is 0 Å². The molecule has 0 aliphatic heterocycles. The van der Waals surface area contributed by atoms with Gasteiger partial charge in [0.2, 0.25) is 0 Å². The zero-order chi connectivity index (χ0) is 16.7. The highest BCUT2D eigenvalue weighted by Crippen LogP contribution is 2.23. The SMILES string of the molecule is CCNC(=NCCn1ccnc1)N(C)Cc1ccc(Cl)c(Cl)c1. The number of halogens is 2. The van der Waals surface area contributed by atoms with Gasteiger partial charge in [-0.05, 0) is 24.6 Å². The van der Waals surface area contributed by atoms with E-state index in [4.69, 9.17) is 23.2 Å². The van der Waals surface area contributed by atoms with E-state index >= 15 is 0 Å². The summed E-state index contributed by atoms with van der Waals surface area (Å²) in [7, 11) is 2.00. The van der Waals surface area contributed by atoms with Crippen molar-refractivity contribution >= 4 is 29.2 Å². The van der Waals surface area contributed by atoms with E-state index in [9.17, 15) is 0 Å². The lowest BCUT2D eigenvalue weighted by molar-refractivity contribution is 0.475. The average molecular weight is 354 g/mol. The molecule has 0 aliphatic rings. The van der Waals surface area contributed by atoms with Gasteiger partial charge in [0.25, 0.3) is 0 Å². The van der Waals surface area contributed by atoms with Crippen molar-refractivity contribution in [3.63, 3.8) is 0 Å². The third-order valence-corrected chi connectivity index (χ3v) is 4.02. The molecule has 0 saturated carbocycles. The second kappa shape index (κ2) is 8.79. The van der Waals surface area contributed by atoms with E-state index in [2.05, 4.69) is 27.1 Å². The lowest BCUT2D eigenvalue weighted by Gasteiger charge is -2.22. The van der Waals surface area contributed by atoms with E-state index in [1.165, 1.54) is 0 Å². The number of hydrogen-bond donors (Lipinski definition) is 1. The van der Waals surface area contributed by atoms with Gasteiger partial charge in [0, 0.05) is 39.1 Å². The second-order valence-corrected chi connectivity index (χ2v) is 5.96. The minimum Gasteiger partial charge on any atom is -0.357 e. The van der Waals surface area contributed by atoms with Crippen LogP contribution < -0.4 is 5.32 Å². The molecule has 2 rings (SSSR count). The Kier molecular flexibility index (Phi) is 6.74. The fraction of sp³-hybridized carbons (Fsp3) is 0.375. The number of rotatable bonds is 6. The van der Waals surface area contributed by atoms with Crippen molar-refractivity contribution in [3.8, 4) is 0 Å². The first-order valence-corrected chi connectivity index (χ1v) is 8.25. The van der Waals surface area contributed by atoms with E-state index < -0.39 is 0 Å². The Morgan fingerprint density at radius 2 is 2.17 bits per heavy atom. The predicted octanol–water partition coefficient (Wildman–Crippen LogP) is 3.29. The normalized spacial score (nSPS) is 11.6. The van der Waals surface area contributed by atoms with Crippen molar-refractivity contribution in [2.24, 2.45) is 4.99 Å². The Balaban J connectivity index is 1.98. The molecule has 0 spiro atoms. The number of guanidine groups is 1. The zero-order valence-corrected chi connectivity index (χ0v) is 14.8. The summed E-state index contributed by atoms with van der Waals surface area (Å²) in [6.07, 6.45) is 5.50. The van der Waals surface area contributed by atoms with Gasteiger partial charge in [-0.3, -0.25) is 4.99 Å². The molecule has 124 valence electrons. The van der Waals surface area contributed by atoms with Crippen LogP contribution in [0, 0.1) is 0 Å². The number of nitrogens with one attached hydrogen (secondary N) is 1. The summed E-state index contributed by atoms with van der Waals surface area (Å²) in [5.41, 5.74) is 1.09. The highest BCUT2D eigenvalue weighted by Gasteiger charge is 2.07. The largest absolute Gasteiger partial charge is 0.357 e. The Bertz CT molecular complexity index is 640. The van der Waals surface area contributed by atoms with Crippen molar-refractivity contribution in [1.82, 2.24) is 19.8 Å². The fourth-order valence-electron chi connectivity index (χ4n) is 2.15. The molecule has 1 aromatic carbocycles. The first kappa shape index (κ1) is 17.6. The van der Waals surface area contributed by atoms with Gasteiger partial charge in [0.15, 0.2) is 5.96 Å². The Labute approximate surface area is 146 Å². The quantitative estimate of drug-likeness (QED) is 0.640. The lowest BCUT2D eigenvalue weighted by atomic mass is 10.2. The van der Waals surface area contributed by atoms with Crippen LogP contribution >= 0.6 is 23.2 Å². The summed E-state index contributed by atoms with van der Waals surface area (Å²) in [6.45, 7) is 5.06. The maximum absolute atomic E-state index is 6.07. The summed E-state index contributed by atoms with van der Waals surface area (Å²) in [6, 6.07) is 5.67. The van der Waals surface area contributed by atoms with Crippen LogP contribution in [0.5, 0.6) is 0 Å². The predicted molar refractivity (Wildman–Crippen MR) is 96.1 cm³/mol. The van der Waals surface area contributed by atoms with Gasteiger partial charge in [-0.15, -0.1) is 0 Å². The van der Waals surface area contributed by atoms with Crippen LogP contribution in [0.1, 0.15) is 12.5 Å². The molecule has 1 N–H and O–H groups in total. The minimum atomic E-state index is 0.568. The topological polar surface area (TPSA) is 45.5 Å². The van der Waals surface area contributed by atoms with Crippen LogP contribution in [-0.2, 0) is 13.1 Å². The van der Waals surface area contributed by atoms with Gasteiger partial charge >= 0.3 is 0 Å². The fourth-order valence-corrected chi connectivity index (χ4v) is 2.47. The van der Waals surface area contributed by atoms with Crippen molar-refractivity contribution in [2.45, 2.75) is 20.0 Å². The summed E-state index contributed by atoms with van der Waals surface area (Å²) < 4.78 is 2.01. The molecule has 1 heterocycles. The molecule has 0 fully saturated rings. The van der Waals surface area contributed by atoms with Crippen molar-refractivity contribution in [2.75, 3.05) is 20.1 Å². The molecule has 0 bridgehead atoms. The third kappa shape index (κ3) is 5.44. The average Bonchev–Trinajstić information content (AvgIpc) is 3.03. The highest BCUT2D eigenvalue weighted by molar-refractivity contribution is 6.42. The zero-order valence-electron chi connectivity index (χ0n) is 13.3. The number of benzene rings is 1. The number of hydrogen-bond acceptors (Lipinski definition) is 2. The first-order valence-electron chi connectivity index (χ1n) is 7.49. The molecule has 0 unspecified atom stereocenters. The van der Waals surface area contributed by atoms with Crippen LogP contribution in [0.4, 0.5) is 0 Å². The first-order chi connectivity index (χ1) is 11.1. The van der Waals surface area contributed by atoms with E-state index in [-0.39, 0.29) is 0 Å². The van der Waals surface area contributed by atoms with Gasteiger partial charge in [0.1, 0.15) is 0 Å². The summed E-state index contributed by atoms with van der Waals surface area (Å²) in [4.78, 5) is 10.7. The lowest BCUT2D eigenvalue weighted by Crippen LogP contribution is -2.38. The molecule has 1 aromatic heterocycles. The van der Waals surface area contributed by atoms with Gasteiger partial charge in [-0.25, -0.2) is 4.98 Å². The van der Waals surface area contributed by atoms with Crippen LogP contribution in [0.2, 0.25) is 10.0 Å². The summed E-state index contributed by atoms with van der Waals surface area (Å²) >= 11 is 12.0. The smallest absolute Gasteiger partial charge is 0.194 e. The highest BCUT2D eigenvalue weighted by atomic mass is 35.5. The molecule has 0 aliphatic carbocycles. The monoisotopic (exact) mass is 353 g/mol. The maximum Gasteiger partial charge on any atom is 0.194 e. The molecule has 23 heavy (non-hydrogen) atoms. The second-order valence-electron chi connectivity index (χ2n) is 5.14. The van der Waals surface area contributed by atoms with Gasteiger partial charge in [-0.1, -0.05) is 29.3 Å². The van der Waals surface area contributed by atoms with E-state index in [1.807, 2.05) is 36.0 Å². The minimum absolute atomic E-state index is 0.568. The van der Waals surface area contributed by atoms with Crippen LogP contribution in [-0.4, -0.2) is 40.5 Å². The number of imidazole rings is 1. The Hall–Kier alpha value is -1.72. The van der Waals surface area contributed by atoms with Gasteiger partial charge in [-0.2, -0.15) is 0 Å². The molecule has 0 atom stereocenters. The summed E-state index contributed by atoms with van der Waals surface area (Å²) in [5, 5.41) is 4.44. The maximum atomic E-state index is 6.07. The molecule has 2 aromatic rings. The molecule has 7 heteroatoms. The van der Waals surface area contributed by atoms with Crippen molar-refractivity contribution in [3.05, 3.63) is 52.5 Å².